The summed E-state index contributed by atoms with van der Waals surface area (Å²) in [5.74, 6) is 0.189. The number of rotatable bonds is 4. The van der Waals surface area contributed by atoms with Crippen molar-refractivity contribution < 1.29 is 18.8 Å². The van der Waals surface area contributed by atoms with E-state index in [1.165, 1.54) is 11.3 Å². The molecule has 1 atom stereocenters. The van der Waals surface area contributed by atoms with Crippen LogP contribution in [0.15, 0.2) is 32.5 Å². The van der Waals surface area contributed by atoms with Crippen LogP contribution in [0.3, 0.4) is 0 Å². The second-order valence-electron chi connectivity index (χ2n) is 5.38. The second kappa shape index (κ2) is 5.61. The van der Waals surface area contributed by atoms with Crippen LogP contribution in [-0.2, 0) is 10.3 Å². The minimum atomic E-state index is -1.29. The molecule has 0 aliphatic carbocycles. The van der Waals surface area contributed by atoms with Gasteiger partial charge in [0.05, 0.1) is 11.4 Å². The Kier molecular flexibility index (Phi) is 3.89. The first kappa shape index (κ1) is 15.9. The number of nitrogens with zero attached hydrogens (tertiary/aromatic N) is 1. The second-order valence-corrected chi connectivity index (χ2v) is 7.15. The molecule has 1 saturated heterocycles. The number of imide groups is 1. The molecule has 1 N–H and O–H groups in total. The van der Waals surface area contributed by atoms with Gasteiger partial charge in [-0.2, -0.15) is 0 Å². The van der Waals surface area contributed by atoms with Crippen molar-refractivity contribution in [2.75, 3.05) is 6.54 Å². The van der Waals surface area contributed by atoms with Gasteiger partial charge in [-0.1, -0.05) is 0 Å². The van der Waals surface area contributed by atoms with Crippen molar-refractivity contribution in [3.8, 4) is 0 Å². The highest BCUT2D eigenvalue weighted by atomic mass is 79.9. The maximum atomic E-state index is 12.7. The van der Waals surface area contributed by atoms with Crippen LogP contribution < -0.4 is 5.32 Å². The molecule has 2 aromatic heterocycles. The van der Waals surface area contributed by atoms with E-state index in [0.717, 1.165) is 4.90 Å². The summed E-state index contributed by atoms with van der Waals surface area (Å²) in [5, 5.41) is 4.37. The number of halogens is 1. The van der Waals surface area contributed by atoms with Gasteiger partial charge in [0.1, 0.15) is 11.5 Å². The van der Waals surface area contributed by atoms with Crippen molar-refractivity contribution >= 4 is 45.0 Å². The van der Waals surface area contributed by atoms with E-state index in [4.69, 9.17) is 4.42 Å². The molecule has 0 radical (unpaired) electrons. The number of carbonyl (C=O) groups excluding carboxylic acids is 3. The minimum absolute atomic E-state index is 0.296. The molecule has 1 aliphatic heterocycles. The number of amides is 3. The number of furan rings is 1. The maximum absolute atomic E-state index is 12.7. The predicted molar refractivity (Wildman–Crippen MR) is 87.4 cm³/mol. The van der Waals surface area contributed by atoms with Crippen LogP contribution in [0.5, 0.6) is 0 Å². The molecule has 1 aliphatic rings. The number of urea groups is 1. The highest BCUT2D eigenvalue weighted by Crippen LogP contribution is 2.31. The number of Topliss-reactive ketones (excluding diaryl/α,β-unsaturated/α-hetero) is 1. The van der Waals surface area contributed by atoms with Gasteiger partial charge in [-0.05, 0) is 53.4 Å². The summed E-state index contributed by atoms with van der Waals surface area (Å²) < 4.78 is 6.14. The third-order valence-corrected chi connectivity index (χ3v) is 5.56. The van der Waals surface area contributed by atoms with Gasteiger partial charge in [-0.15, -0.1) is 11.3 Å². The van der Waals surface area contributed by atoms with Gasteiger partial charge in [0.15, 0.2) is 11.3 Å². The van der Waals surface area contributed by atoms with Crippen LogP contribution in [-0.4, -0.2) is 29.2 Å². The van der Waals surface area contributed by atoms with Gasteiger partial charge in [-0.3, -0.25) is 14.5 Å². The third-order valence-electron chi connectivity index (χ3n) is 3.68. The monoisotopic (exact) mass is 396 g/mol. The lowest BCUT2D eigenvalue weighted by Gasteiger charge is -2.18. The quantitative estimate of drug-likeness (QED) is 0.635. The summed E-state index contributed by atoms with van der Waals surface area (Å²) in [6.45, 7) is 3.01. The van der Waals surface area contributed by atoms with Gasteiger partial charge in [0, 0.05) is 4.47 Å². The molecule has 3 heterocycles. The summed E-state index contributed by atoms with van der Waals surface area (Å²) >= 11 is 4.54. The number of carbonyl (C=O) groups is 3. The van der Waals surface area contributed by atoms with Crippen molar-refractivity contribution in [2.45, 2.75) is 19.4 Å². The zero-order valence-electron chi connectivity index (χ0n) is 12.4. The molecule has 120 valence electrons. The van der Waals surface area contributed by atoms with Crippen molar-refractivity contribution in [3.63, 3.8) is 0 Å². The first-order chi connectivity index (χ1) is 10.8. The lowest BCUT2D eigenvalue weighted by molar-refractivity contribution is -0.131. The van der Waals surface area contributed by atoms with Gasteiger partial charge in [0.25, 0.3) is 5.91 Å². The topological polar surface area (TPSA) is 79.6 Å². The average Bonchev–Trinajstić information content (AvgIpc) is 3.16. The van der Waals surface area contributed by atoms with Crippen LogP contribution in [0.2, 0.25) is 0 Å². The summed E-state index contributed by atoms with van der Waals surface area (Å²) in [4.78, 5) is 38.5. The first-order valence-electron chi connectivity index (χ1n) is 6.80. The summed E-state index contributed by atoms with van der Waals surface area (Å²) in [7, 11) is 0. The molecule has 2 aromatic rings. The van der Waals surface area contributed by atoms with Crippen molar-refractivity contribution in [1.29, 1.82) is 0 Å². The highest BCUT2D eigenvalue weighted by molar-refractivity contribution is 9.10. The Hall–Kier alpha value is -1.93. The Morgan fingerprint density at radius 1 is 1.39 bits per heavy atom. The molecule has 1 fully saturated rings. The Balaban J connectivity index is 1.85. The Morgan fingerprint density at radius 2 is 2.13 bits per heavy atom. The molecule has 3 rings (SSSR count). The number of thiophene rings is 1. The van der Waals surface area contributed by atoms with E-state index in [2.05, 4.69) is 21.2 Å². The molecule has 6 nitrogen and oxygen atoms in total. The largest absolute Gasteiger partial charge is 0.463 e. The lowest BCUT2D eigenvalue weighted by Crippen LogP contribution is -2.41. The molecule has 0 spiro atoms. The van der Waals surface area contributed by atoms with Gasteiger partial charge in [-0.25, -0.2) is 4.79 Å². The van der Waals surface area contributed by atoms with Gasteiger partial charge in [0.2, 0.25) is 0 Å². The summed E-state index contributed by atoms with van der Waals surface area (Å²) in [6, 6.07) is 4.51. The van der Waals surface area contributed by atoms with E-state index in [9.17, 15) is 14.4 Å². The smallest absolute Gasteiger partial charge is 0.325 e. The highest BCUT2D eigenvalue weighted by Gasteiger charge is 2.51. The number of ketones is 1. The maximum Gasteiger partial charge on any atom is 0.325 e. The van der Waals surface area contributed by atoms with E-state index in [1.807, 2.05) is 0 Å². The molecule has 8 heteroatoms. The van der Waals surface area contributed by atoms with Crippen LogP contribution >= 0.6 is 27.3 Å². The fourth-order valence-corrected chi connectivity index (χ4v) is 3.94. The molecular formula is C15H13BrN2O4S. The molecule has 0 saturated carbocycles. The predicted octanol–water partition coefficient (Wildman–Crippen LogP) is 3.06. The van der Waals surface area contributed by atoms with E-state index >= 15 is 0 Å². The molecule has 23 heavy (non-hydrogen) atoms. The lowest BCUT2D eigenvalue weighted by atomic mass is 9.99. The number of hydrogen-bond donors (Lipinski definition) is 1. The SMILES string of the molecule is Cc1ccc(C2(C)NC(=O)N(CC(=O)c3sccc3Br)C2=O)o1. The van der Waals surface area contributed by atoms with Crippen LogP contribution in [0.4, 0.5) is 4.79 Å². The standard InChI is InChI=1S/C15H13BrN2O4S/c1-8-3-4-11(22-8)15(2)13(20)18(14(21)17-15)7-10(19)12-9(16)5-6-23-12/h3-6H,7H2,1-2H3,(H,17,21). The molecular weight excluding hydrogens is 384 g/mol. The van der Waals surface area contributed by atoms with E-state index in [-0.39, 0.29) is 12.3 Å². The van der Waals surface area contributed by atoms with Crippen LogP contribution in [0.1, 0.15) is 28.1 Å². The molecule has 0 bridgehead atoms. The summed E-state index contributed by atoms with van der Waals surface area (Å²) in [6.07, 6.45) is 0. The zero-order chi connectivity index (χ0) is 16.8. The van der Waals surface area contributed by atoms with Crippen molar-refractivity contribution in [2.24, 2.45) is 0 Å². The minimum Gasteiger partial charge on any atom is -0.463 e. The Morgan fingerprint density at radius 3 is 2.70 bits per heavy atom. The van der Waals surface area contributed by atoms with Crippen molar-refractivity contribution in [3.05, 3.63) is 44.4 Å². The van der Waals surface area contributed by atoms with Crippen molar-refractivity contribution in [1.82, 2.24) is 10.2 Å². The number of hydrogen-bond acceptors (Lipinski definition) is 5. The third kappa shape index (κ3) is 2.61. The first-order valence-corrected chi connectivity index (χ1v) is 8.47. The summed E-state index contributed by atoms with van der Waals surface area (Å²) in [5.41, 5.74) is -1.29. The Bertz CT molecular complexity index is 812. The average molecular weight is 397 g/mol. The number of nitrogens with one attached hydrogen (secondary N) is 1. The Labute approximate surface area is 144 Å². The zero-order valence-corrected chi connectivity index (χ0v) is 14.8. The fraction of sp³-hybridized carbons (Fsp3) is 0.267. The number of aryl methyl sites for hydroxylation is 1. The van der Waals surface area contributed by atoms with Gasteiger partial charge < -0.3 is 9.73 Å². The van der Waals surface area contributed by atoms with Gasteiger partial charge >= 0.3 is 6.03 Å². The molecule has 0 aromatic carbocycles. The molecule has 1 unspecified atom stereocenters. The van der Waals surface area contributed by atoms with Crippen LogP contribution in [0, 0.1) is 6.92 Å². The van der Waals surface area contributed by atoms with E-state index < -0.39 is 17.5 Å². The van der Waals surface area contributed by atoms with E-state index in [0.29, 0.717) is 20.9 Å². The normalized spacial score (nSPS) is 20.9. The molecule has 3 amide bonds. The fourth-order valence-electron chi connectivity index (χ4n) is 2.42. The van der Waals surface area contributed by atoms with E-state index in [1.54, 1.807) is 37.4 Å². The van der Waals surface area contributed by atoms with Crippen LogP contribution in [0.25, 0.3) is 0 Å².